The van der Waals surface area contributed by atoms with Crippen LogP contribution in [0.25, 0.3) is 28.4 Å². The quantitative estimate of drug-likeness (QED) is 0.0865. The van der Waals surface area contributed by atoms with Gasteiger partial charge in [0.05, 0.1) is 13.7 Å². The Bertz CT molecular complexity index is 1630. The minimum absolute atomic E-state index is 0.125. The fourth-order valence-electron chi connectivity index (χ4n) is 4.16. The molecule has 0 radical (unpaired) electrons. The van der Waals surface area contributed by atoms with Crippen molar-refractivity contribution in [3.8, 4) is 28.6 Å². The summed E-state index contributed by atoms with van der Waals surface area (Å²) in [7, 11) is 1.58. The summed E-state index contributed by atoms with van der Waals surface area (Å²) in [5, 5.41) is 0.612. The highest BCUT2D eigenvalue weighted by Gasteiger charge is 2.24. The summed E-state index contributed by atoms with van der Waals surface area (Å²) in [6.07, 6.45) is 3.22. The first-order valence-electron chi connectivity index (χ1n) is 12.5. The molecule has 0 spiro atoms. The lowest BCUT2D eigenvalue weighted by Gasteiger charge is -2.07. The van der Waals surface area contributed by atoms with Crippen LogP contribution in [-0.4, -0.2) is 25.5 Å². The summed E-state index contributed by atoms with van der Waals surface area (Å²) in [4.78, 5) is 25.9. The largest absolute Gasteiger partial charge is 0.497 e. The Morgan fingerprint density at radius 3 is 2.21 bits per heavy atom. The second-order valence-electron chi connectivity index (χ2n) is 8.65. The molecule has 194 valence electrons. The number of hydrogen-bond acceptors (Lipinski definition) is 6. The van der Waals surface area contributed by atoms with Crippen LogP contribution in [0.1, 0.15) is 33.2 Å². The Hall–Kier alpha value is -5.10. The second-order valence-corrected chi connectivity index (χ2v) is 8.65. The van der Waals surface area contributed by atoms with E-state index in [1.54, 1.807) is 73.8 Å². The van der Waals surface area contributed by atoms with E-state index in [2.05, 4.69) is 0 Å². The van der Waals surface area contributed by atoms with Crippen molar-refractivity contribution in [2.75, 3.05) is 13.7 Å². The molecule has 0 saturated carbocycles. The van der Waals surface area contributed by atoms with Gasteiger partial charge >= 0.3 is 5.97 Å². The van der Waals surface area contributed by atoms with E-state index in [9.17, 15) is 9.59 Å². The third-order valence-corrected chi connectivity index (χ3v) is 6.10. The van der Waals surface area contributed by atoms with Crippen molar-refractivity contribution < 1.29 is 28.2 Å². The molecule has 1 aromatic heterocycles. The first-order chi connectivity index (χ1) is 19.1. The lowest BCUT2D eigenvalue weighted by Crippen LogP contribution is -2.09. The number of hydrogen-bond donors (Lipinski definition) is 0. The van der Waals surface area contributed by atoms with Gasteiger partial charge in [0, 0.05) is 16.5 Å². The molecule has 0 bridgehead atoms. The van der Waals surface area contributed by atoms with E-state index in [1.165, 1.54) is 6.08 Å². The number of carbonyl (C=O) groups excluding carboxylic acids is 2. The minimum Gasteiger partial charge on any atom is -0.497 e. The average molecular weight is 519 g/mol. The molecule has 39 heavy (non-hydrogen) atoms. The monoisotopic (exact) mass is 518 g/mol. The molecular weight excluding hydrogens is 492 g/mol. The summed E-state index contributed by atoms with van der Waals surface area (Å²) in [6.45, 7) is 2.40. The van der Waals surface area contributed by atoms with Crippen molar-refractivity contribution >= 4 is 28.8 Å². The summed E-state index contributed by atoms with van der Waals surface area (Å²) >= 11 is 0. The number of benzene rings is 4. The van der Waals surface area contributed by atoms with Crippen LogP contribution in [-0.2, 0) is 0 Å². The molecule has 0 aliphatic carbocycles. The molecule has 0 aliphatic rings. The SMILES string of the molecule is CCOc1ccc2oc(-c3ccccc3)c(C(=O)Oc3ccc(C=CC(=O)c4ccc(OC)cc4)cc3)c2c1. The zero-order chi connectivity index (χ0) is 27.2. The van der Waals surface area contributed by atoms with E-state index in [0.717, 1.165) is 11.1 Å². The minimum atomic E-state index is -0.542. The van der Waals surface area contributed by atoms with Crippen LogP contribution < -0.4 is 14.2 Å². The maximum atomic E-state index is 13.5. The van der Waals surface area contributed by atoms with Crippen LogP contribution in [0.15, 0.2) is 108 Å². The Kier molecular flexibility index (Phi) is 7.55. The molecule has 5 rings (SSSR count). The molecule has 0 atom stereocenters. The van der Waals surface area contributed by atoms with Crippen LogP contribution in [0.3, 0.4) is 0 Å². The van der Waals surface area contributed by atoms with Gasteiger partial charge in [-0.15, -0.1) is 0 Å². The Balaban J connectivity index is 1.37. The van der Waals surface area contributed by atoms with Crippen LogP contribution in [0, 0.1) is 0 Å². The molecule has 0 fully saturated rings. The van der Waals surface area contributed by atoms with Crippen molar-refractivity contribution in [3.63, 3.8) is 0 Å². The standard InChI is InChI=1S/C33H26O6/c1-3-37-27-18-20-30-28(21-27)31(32(39-30)24-7-5-4-6-8-24)33(35)38-26-14-9-22(10-15-26)11-19-29(34)23-12-16-25(36-2)17-13-23/h4-21H,3H2,1-2H3. The van der Waals surface area contributed by atoms with E-state index in [1.807, 2.05) is 43.3 Å². The molecule has 6 heteroatoms. The van der Waals surface area contributed by atoms with Gasteiger partial charge in [-0.1, -0.05) is 48.5 Å². The molecule has 0 unspecified atom stereocenters. The Morgan fingerprint density at radius 2 is 1.51 bits per heavy atom. The number of fused-ring (bicyclic) bond motifs is 1. The van der Waals surface area contributed by atoms with Gasteiger partial charge < -0.3 is 18.6 Å². The highest BCUT2D eigenvalue weighted by molar-refractivity contribution is 6.10. The van der Waals surface area contributed by atoms with Gasteiger partial charge in [0.1, 0.15) is 34.2 Å². The van der Waals surface area contributed by atoms with Crippen molar-refractivity contribution in [1.82, 2.24) is 0 Å². The third-order valence-electron chi connectivity index (χ3n) is 6.10. The maximum Gasteiger partial charge on any atom is 0.348 e. The molecule has 0 N–H and O–H groups in total. The van der Waals surface area contributed by atoms with E-state index < -0.39 is 5.97 Å². The van der Waals surface area contributed by atoms with Gasteiger partial charge in [-0.3, -0.25) is 4.79 Å². The first-order valence-corrected chi connectivity index (χ1v) is 12.5. The van der Waals surface area contributed by atoms with E-state index in [-0.39, 0.29) is 5.78 Å². The number of methoxy groups -OCH3 is 1. The van der Waals surface area contributed by atoms with Crippen LogP contribution >= 0.6 is 0 Å². The topological polar surface area (TPSA) is 75.0 Å². The summed E-state index contributed by atoms with van der Waals surface area (Å²) in [6, 6.07) is 28.7. The zero-order valence-electron chi connectivity index (χ0n) is 21.5. The maximum absolute atomic E-state index is 13.5. The average Bonchev–Trinajstić information content (AvgIpc) is 3.36. The molecule has 1 heterocycles. The summed E-state index contributed by atoms with van der Waals surface area (Å²) < 4.78 is 22.6. The lowest BCUT2D eigenvalue weighted by molar-refractivity contribution is 0.0736. The van der Waals surface area contributed by atoms with Gasteiger partial charge in [0.15, 0.2) is 5.78 Å². The molecule has 0 saturated heterocycles. The molecule has 0 amide bonds. The predicted octanol–water partition coefficient (Wildman–Crippen LogP) is 7.62. The number of esters is 1. The third kappa shape index (κ3) is 5.75. The molecule has 4 aromatic carbocycles. The summed E-state index contributed by atoms with van der Waals surface area (Å²) in [5.41, 5.74) is 3.00. The lowest BCUT2D eigenvalue weighted by atomic mass is 10.1. The molecular formula is C33H26O6. The van der Waals surface area contributed by atoms with Crippen LogP contribution in [0.2, 0.25) is 0 Å². The second kappa shape index (κ2) is 11.5. The van der Waals surface area contributed by atoms with Crippen LogP contribution in [0.4, 0.5) is 0 Å². The van der Waals surface area contributed by atoms with Crippen LogP contribution in [0.5, 0.6) is 17.2 Å². The number of rotatable bonds is 9. The molecule has 5 aromatic rings. The fourth-order valence-corrected chi connectivity index (χ4v) is 4.16. The van der Waals surface area contributed by atoms with E-state index in [0.29, 0.717) is 51.7 Å². The normalized spacial score (nSPS) is 11.0. The number of ketones is 1. The zero-order valence-corrected chi connectivity index (χ0v) is 21.5. The van der Waals surface area contributed by atoms with Crippen molar-refractivity contribution in [3.05, 3.63) is 120 Å². The van der Waals surface area contributed by atoms with E-state index >= 15 is 0 Å². The van der Waals surface area contributed by atoms with Gasteiger partial charge in [0.2, 0.25) is 0 Å². The van der Waals surface area contributed by atoms with Crippen molar-refractivity contribution in [1.29, 1.82) is 0 Å². The molecule has 6 nitrogen and oxygen atoms in total. The van der Waals surface area contributed by atoms with Gasteiger partial charge in [0.25, 0.3) is 0 Å². The molecule has 0 aliphatic heterocycles. The predicted molar refractivity (Wildman–Crippen MR) is 151 cm³/mol. The van der Waals surface area contributed by atoms with Gasteiger partial charge in [-0.05, 0) is 73.2 Å². The number of carbonyl (C=O) groups is 2. The highest BCUT2D eigenvalue weighted by Crippen LogP contribution is 2.36. The number of ether oxygens (including phenoxy) is 3. The smallest absolute Gasteiger partial charge is 0.348 e. The van der Waals surface area contributed by atoms with Gasteiger partial charge in [-0.2, -0.15) is 0 Å². The fraction of sp³-hybridized carbons (Fsp3) is 0.0909. The summed E-state index contributed by atoms with van der Waals surface area (Å²) in [5.74, 6) is 1.46. The van der Waals surface area contributed by atoms with Crippen molar-refractivity contribution in [2.45, 2.75) is 6.92 Å². The Labute approximate surface area is 226 Å². The van der Waals surface area contributed by atoms with Crippen molar-refractivity contribution in [2.24, 2.45) is 0 Å². The number of furan rings is 1. The highest BCUT2D eigenvalue weighted by atomic mass is 16.5. The van der Waals surface area contributed by atoms with Gasteiger partial charge in [-0.25, -0.2) is 4.79 Å². The first kappa shape index (κ1) is 25.5. The van der Waals surface area contributed by atoms with E-state index in [4.69, 9.17) is 18.6 Å². The number of allylic oxidation sites excluding steroid dienone is 1. The Morgan fingerprint density at radius 1 is 0.821 bits per heavy atom.